The van der Waals surface area contributed by atoms with Crippen molar-refractivity contribution < 1.29 is 0 Å². The summed E-state index contributed by atoms with van der Waals surface area (Å²) in [5, 5.41) is 9.68. The molecule has 0 aliphatic heterocycles. The molecule has 28 heavy (non-hydrogen) atoms. The standard InChI is InChI=1S/C23H33N5/c1-27(2)15-7-13-24-22-12-11-21-19(23(22)25-14-8-16-28(3)4)17-18-9-5-6-10-20(18)26-21/h5-6,9-12,17,24-25H,7-8,13-16H2,1-4H3. The van der Waals surface area contributed by atoms with Crippen molar-refractivity contribution in [2.75, 3.05) is 65.0 Å². The molecule has 3 rings (SSSR count). The first-order chi connectivity index (χ1) is 13.5. The Hall–Kier alpha value is -2.37. The van der Waals surface area contributed by atoms with Crippen molar-refractivity contribution in [3.63, 3.8) is 0 Å². The third-order valence-corrected chi connectivity index (χ3v) is 4.88. The summed E-state index contributed by atoms with van der Waals surface area (Å²) in [6.45, 7) is 4.05. The monoisotopic (exact) mass is 379 g/mol. The number of rotatable bonds is 10. The van der Waals surface area contributed by atoms with Crippen LogP contribution < -0.4 is 10.6 Å². The van der Waals surface area contributed by atoms with Gasteiger partial charge in [-0.2, -0.15) is 0 Å². The molecular weight excluding hydrogens is 346 g/mol. The molecule has 5 nitrogen and oxygen atoms in total. The smallest absolute Gasteiger partial charge is 0.0732 e. The van der Waals surface area contributed by atoms with E-state index in [4.69, 9.17) is 4.98 Å². The lowest BCUT2D eigenvalue weighted by Crippen LogP contribution is -2.18. The van der Waals surface area contributed by atoms with E-state index < -0.39 is 0 Å². The second-order valence-electron chi connectivity index (χ2n) is 7.90. The SMILES string of the molecule is CN(C)CCCNc1ccc2nc3ccccc3cc2c1NCCCN(C)C. The van der Waals surface area contributed by atoms with E-state index in [0.29, 0.717) is 0 Å². The average Bonchev–Trinajstić information content (AvgIpc) is 2.67. The number of anilines is 2. The first-order valence-corrected chi connectivity index (χ1v) is 10.1. The van der Waals surface area contributed by atoms with Crippen LogP contribution in [0.2, 0.25) is 0 Å². The van der Waals surface area contributed by atoms with Gasteiger partial charge in [0.2, 0.25) is 0 Å². The molecule has 3 aromatic rings. The molecule has 0 aliphatic rings. The number of nitrogens with one attached hydrogen (secondary N) is 2. The zero-order chi connectivity index (χ0) is 19.9. The van der Waals surface area contributed by atoms with Crippen molar-refractivity contribution in [2.45, 2.75) is 12.8 Å². The first-order valence-electron chi connectivity index (χ1n) is 10.1. The van der Waals surface area contributed by atoms with Crippen LogP contribution in [0.25, 0.3) is 21.8 Å². The maximum Gasteiger partial charge on any atom is 0.0732 e. The lowest BCUT2D eigenvalue weighted by molar-refractivity contribution is 0.405. The predicted octanol–water partition coefficient (Wildman–Crippen LogP) is 4.12. The Morgan fingerprint density at radius 1 is 0.786 bits per heavy atom. The van der Waals surface area contributed by atoms with Gasteiger partial charge in [-0.3, -0.25) is 0 Å². The van der Waals surface area contributed by atoms with Crippen molar-refractivity contribution >= 4 is 33.2 Å². The molecule has 1 heterocycles. The van der Waals surface area contributed by atoms with Crippen molar-refractivity contribution in [3.05, 3.63) is 42.5 Å². The van der Waals surface area contributed by atoms with E-state index in [1.165, 1.54) is 16.5 Å². The maximum absolute atomic E-state index is 4.87. The summed E-state index contributed by atoms with van der Waals surface area (Å²) in [7, 11) is 8.46. The van der Waals surface area contributed by atoms with Gasteiger partial charge >= 0.3 is 0 Å². The minimum atomic E-state index is 0.941. The molecule has 0 saturated heterocycles. The predicted molar refractivity (Wildman–Crippen MR) is 123 cm³/mol. The molecule has 0 atom stereocenters. The van der Waals surface area contributed by atoms with E-state index in [2.05, 4.69) is 85.0 Å². The Bertz CT molecular complexity index is 904. The van der Waals surface area contributed by atoms with E-state index >= 15 is 0 Å². The molecule has 0 bridgehead atoms. The highest BCUT2D eigenvalue weighted by Gasteiger charge is 2.10. The van der Waals surface area contributed by atoms with E-state index in [9.17, 15) is 0 Å². The van der Waals surface area contributed by atoms with Crippen molar-refractivity contribution in [2.24, 2.45) is 0 Å². The summed E-state index contributed by atoms with van der Waals surface area (Å²) >= 11 is 0. The van der Waals surface area contributed by atoms with Crippen LogP contribution >= 0.6 is 0 Å². The minimum Gasteiger partial charge on any atom is -0.383 e. The third kappa shape index (κ3) is 5.33. The molecule has 150 valence electrons. The number of benzene rings is 2. The lowest BCUT2D eigenvalue weighted by Gasteiger charge is -2.18. The molecule has 0 fully saturated rings. The molecular formula is C23H33N5. The largest absolute Gasteiger partial charge is 0.383 e. The number of nitrogens with zero attached hydrogens (tertiary/aromatic N) is 3. The van der Waals surface area contributed by atoms with Crippen molar-refractivity contribution in [1.82, 2.24) is 14.8 Å². The maximum atomic E-state index is 4.87. The Labute approximate surface area is 168 Å². The summed E-state index contributed by atoms with van der Waals surface area (Å²) in [6.07, 6.45) is 2.21. The number of pyridine rings is 1. The molecule has 2 aromatic carbocycles. The minimum absolute atomic E-state index is 0.941. The van der Waals surface area contributed by atoms with Crippen LogP contribution in [0.3, 0.4) is 0 Å². The lowest BCUT2D eigenvalue weighted by atomic mass is 10.1. The second kappa shape index (κ2) is 9.71. The fourth-order valence-electron chi connectivity index (χ4n) is 3.41. The molecule has 0 radical (unpaired) electrons. The molecule has 0 spiro atoms. The quantitative estimate of drug-likeness (QED) is 0.410. The van der Waals surface area contributed by atoms with Crippen LogP contribution in [-0.2, 0) is 0 Å². The van der Waals surface area contributed by atoms with Gasteiger partial charge in [0.05, 0.1) is 22.4 Å². The van der Waals surface area contributed by atoms with Gasteiger partial charge in [-0.05, 0) is 78.4 Å². The highest BCUT2D eigenvalue weighted by atomic mass is 15.1. The van der Waals surface area contributed by atoms with Crippen LogP contribution in [-0.4, -0.2) is 69.2 Å². The van der Waals surface area contributed by atoms with Crippen LogP contribution in [0.15, 0.2) is 42.5 Å². The summed E-state index contributed by atoms with van der Waals surface area (Å²) in [5.74, 6) is 0. The van der Waals surface area contributed by atoms with Crippen LogP contribution in [0.4, 0.5) is 11.4 Å². The number of fused-ring (bicyclic) bond motifs is 2. The van der Waals surface area contributed by atoms with Gasteiger partial charge in [0.1, 0.15) is 0 Å². The Morgan fingerprint density at radius 3 is 2.18 bits per heavy atom. The van der Waals surface area contributed by atoms with Gasteiger partial charge in [-0.1, -0.05) is 18.2 Å². The number of aromatic nitrogens is 1. The number of hydrogen-bond donors (Lipinski definition) is 2. The van der Waals surface area contributed by atoms with Crippen LogP contribution in [0.1, 0.15) is 12.8 Å². The van der Waals surface area contributed by atoms with Crippen LogP contribution in [0.5, 0.6) is 0 Å². The molecule has 0 unspecified atom stereocenters. The Morgan fingerprint density at radius 2 is 1.46 bits per heavy atom. The Kier molecular flexibility index (Phi) is 7.06. The summed E-state index contributed by atoms with van der Waals surface area (Å²) < 4.78 is 0. The van der Waals surface area contributed by atoms with Gasteiger partial charge < -0.3 is 20.4 Å². The van der Waals surface area contributed by atoms with E-state index in [1.54, 1.807) is 0 Å². The van der Waals surface area contributed by atoms with E-state index in [-0.39, 0.29) is 0 Å². The zero-order valence-electron chi connectivity index (χ0n) is 17.6. The summed E-state index contributed by atoms with van der Waals surface area (Å²) in [4.78, 5) is 9.32. The average molecular weight is 380 g/mol. The zero-order valence-corrected chi connectivity index (χ0v) is 17.6. The van der Waals surface area contributed by atoms with Gasteiger partial charge in [-0.15, -0.1) is 0 Å². The number of hydrogen-bond acceptors (Lipinski definition) is 5. The number of para-hydroxylation sites is 1. The molecule has 0 aliphatic carbocycles. The Balaban J connectivity index is 1.88. The summed E-state index contributed by atoms with van der Waals surface area (Å²) in [5.41, 5.74) is 4.40. The van der Waals surface area contributed by atoms with E-state index in [1.807, 2.05) is 6.07 Å². The normalized spacial score (nSPS) is 11.6. The fraction of sp³-hybridized carbons (Fsp3) is 0.435. The highest BCUT2D eigenvalue weighted by Crippen LogP contribution is 2.33. The molecule has 0 amide bonds. The molecule has 1 aromatic heterocycles. The van der Waals surface area contributed by atoms with Crippen molar-refractivity contribution in [3.8, 4) is 0 Å². The van der Waals surface area contributed by atoms with Gasteiger partial charge in [0.15, 0.2) is 0 Å². The van der Waals surface area contributed by atoms with Gasteiger partial charge in [0.25, 0.3) is 0 Å². The molecule has 2 N–H and O–H groups in total. The molecule has 5 heteroatoms. The van der Waals surface area contributed by atoms with Gasteiger partial charge in [0, 0.05) is 23.9 Å². The van der Waals surface area contributed by atoms with E-state index in [0.717, 1.165) is 55.7 Å². The highest BCUT2D eigenvalue weighted by molar-refractivity contribution is 6.03. The third-order valence-electron chi connectivity index (χ3n) is 4.88. The van der Waals surface area contributed by atoms with Crippen molar-refractivity contribution in [1.29, 1.82) is 0 Å². The van der Waals surface area contributed by atoms with Gasteiger partial charge in [-0.25, -0.2) is 4.98 Å². The first kappa shape index (κ1) is 20.4. The van der Waals surface area contributed by atoms with Crippen LogP contribution in [0, 0.1) is 0 Å². The topological polar surface area (TPSA) is 43.4 Å². The second-order valence-corrected chi connectivity index (χ2v) is 7.90. The molecule has 0 saturated carbocycles. The fourth-order valence-corrected chi connectivity index (χ4v) is 3.41. The summed E-state index contributed by atoms with van der Waals surface area (Å²) in [6, 6.07) is 14.9.